The van der Waals surface area contributed by atoms with Crippen molar-refractivity contribution in [2.75, 3.05) is 6.61 Å². The highest BCUT2D eigenvalue weighted by atomic mass is 16.5. The first-order valence-electron chi connectivity index (χ1n) is 6.80. The molecule has 1 aromatic carbocycles. The van der Waals surface area contributed by atoms with Crippen LogP contribution in [0.4, 0.5) is 0 Å². The van der Waals surface area contributed by atoms with Crippen LogP contribution in [0.3, 0.4) is 0 Å². The minimum absolute atomic E-state index is 0.407. The van der Waals surface area contributed by atoms with Crippen molar-refractivity contribution in [2.45, 2.75) is 44.7 Å². The second kappa shape index (κ2) is 4.69. The summed E-state index contributed by atoms with van der Waals surface area (Å²) in [4.78, 5) is 0. The van der Waals surface area contributed by atoms with Crippen molar-refractivity contribution in [3.8, 4) is 5.75 Å². The molecule has 1 aliphatic heterocycles. The molecule has 1 heterocycles. The summed E-state index contributed by atoms with van der Waals surface area (Å²) in [6.07, 6.45) is 5.37. The fraction of sp³-hybridized carbons (Fsp3) is 0.600. The summed E-state index contributed by atoms with van der Waals surface area (Å²) in [6.45, 7) is 3.16. The highest BCUT2D eigenvalue weighted by Gasteiger charge is 2.27. The van der Waals surface area contributed by atoms with Gasteiger partial charge < -0.3 is 10.1 Å². The Kier molecular flexibility index (Phi) is 3.06. The molecule has 3 rings (SSSR count). The van der Waals surface area contributed by atoms with Gasteiger partial charge in [0.1, 0.15) is 12.4 Å². The zero-order valence-corrected chi connectivity index (χ0v) is 10.5. The van der Waals surface area contributed by atoms with E-state index in [1.54, 1.807) is 0 Å². The summed E-state index contributed by atoms with van der Waals surface area (Å²) >= 11 is 0. The van der Waals surface area contributed by atoms with E-state index in [2.05, 4.69) is 30.4 Å². The number of nitrogens with one attached hydrogen (secondary N) is 1. The molecule has 0 radical (unpaired) electrons. The first-order chi connectivity index (χ1) is 8.33. The molecule has 92 valence electrons. The van der Waals surface area contributed by atoms with Gasteiger partial charge in [-0.25, -0.2) is 0 Å². The third-order valence-electron chi connectivity index (χ3n) is 4.15. The lowest BCUT2D eigenvalue weighted by Gasteiger charge is -2.29. The van der Waals surface area contributed by atoms with Gasteiger partial charge in [0.2, 0.25) is 0 Å². The van der Waals surface area contributed by atoms with Crippen LogP contribution in [0.25, 0.3) is 0 Å². The van der Waals surface area contributed by atoms with E-state index in [0.29, 0.717) is 12.1 Å². The minimum atomic E-state index is 0.407. The molecule has 1 fully saturated rings. The van der Waals surface area contributed by atoms with Gasteiger partial charge in [0.05, 0.1) is 6.04 Å². The molecule has 1 aromatic rings. The van der Waals surface area contributed by atoms with Crippen molar-refractivity contribution < 1.29 is 4.74 Å². The zero-order valence-electron chi connectivity index (χ0n) is 10.5. The molecule has 0 saturated heterocycles. The molecule has 1 saturated carbocycles. The maximum atomic E-state index is 5.71. The van der Waals surface area contributed by atoms with Crippen LogP contribution in [0.5, 0.6) is 5.75 Å². The quantitative estimate of drug-likeness (QED) is 0.843. The lowest BCUT2D eigenvalue weighted by Crippen LogP contribution is -2.36. The molecule has 0 amide bonds. The van der Waals surface area contributed by atoms with Gasteiger partial charge in [0, 0.05) is 11.6 Å². The number of hydrogen-bond donors (Lipinski definition) is 1. The molecule has 2 aliphatic rings. The molecule has 2 heteroatoms. The number of ether oxygens (including phenoxy) is 1. The van der Waals surface area contributed by atoms with E-state index in [9.17, 15) is 0 Å². The highest BCUT2D eigenvalue weighted by Crippen LogP contribution is 2.33. The molecular formula is C15H21NO. The predicted octanol–water partition coefficient (Wildman–Crippen LogP) is 3.29. The van der Waals surface area contributed by atoms with Gasteiger partial charge in [0.25, 0.3) is 0 Å². The van der Waals surface area contributed by atoms with E-state index in [0.717, 1.165) is 18.3 Å². The summed E-state index contributed by atoms with van der Waals surface area (Å²) in [5, 5.41) is 3.77. The van der Waals surface area contributed by atoms with Crippen LogP contribution in [0.1, 0.15) is 44.2 Å². The molecule has 1 aliphatic carbocycles. The molecule has 1 unspecified atom stereocenters. The van der Waals surface area contributed by atoms with Gasteiger partial charge in [-0.15, -0.1) is 0 Å². The van der Waals surface area contributed by atoms with Gasteiger partial charge in [-0.1, -0.05) is 25.1 Å². The molecule has 0 spiro atoms. The van der Waals surface area contributed by atoms with E-state index < -0.39 is 0 Å². The maximum Gasteiger partial charge on any atom is 0.124 e. The van der Waals surface area contributed by atoms with Gasteiger partial charge >= 0.3 is 0 Å². The smallest absolute Gasteiger partial charge is 0.124 e. The number of hydrogen-bond acceptors (Lipinski definition) is 2. The van der Waals surface area contributed by atoms with Gasteiger partial charge in [0.15, 0.2) is 0 Å². The monoisotopic (exact) mass is 231 g/mol. The Balaban J connectivity index is 1.64. The molecule has 0 bridgehead atoms. The summed E-state index contributed by atoms with van der Waals surface area (Å²) < 4.78 is 5.71. The van der Waals surface area contributed by atoms with Crippen molar-refractivity contribution in [1.29, 1.82) is 0 Å². The first-order valence-corrected chi connectivity index (χ1v) is 6.80. The second-order valence-electron chi connectivity index (χ2n) is 5.52. The molecule has 0 aromatic heterocycles. The van der Waals surface area contributed by atoms with E-state index in [-0.39, 0.29) is 0 Å². The molecule has 1 atom stereocenters. The van der Waals surface area contributed by atoms with Crippen LogP contribution < -0.4 is 10.1 Å². The Hall–Kier alpha value is -1.02. The third kappa shape index (κ3) is 2.32. The SMILES string of the molecule is CC1CCC(NC2COc3ccccc32)CC1. The third-order valence-corrected chi connectivity index (χ3v) is 4.15. The van der Waals surface area contributed by atoms with Gasteiger partial charge in [-0.2, -0.15) is 0 Å². The van der Waals surface area contributed by atoms with Crippen LogP contribution in [-0.4, -0.2) is 12.6 Å². The Morgan fingerprint density at radius 1 is 1.12 bits per heavy atom. The molecule has 2 nitrogen and oxygen atoms in total. The highest BCUT2D eigenvalue weighted by molar-refractivity contribution is 5.39. The average molecular weight is 231 g/mol. The summed E-state index contributed by atoms with van der Waals surface area (Å²) in [5.41, 5.74) is 1.34. The number of fused-ring (bicyclic) bond motifs is 1. The molecular weight excluding hydrogens is 210 g/mol. The van der Waals surface area contributed by atoms with Crippen molar-refractivity contribution in [2.24, 2.45) is 5.92 Å². The Morgan fingerprint density at radius 2 is 1.88 bits per heavy atom. The van der Waals surface area contributed by atoms with Crippen LogP contribution in [0.15, 0.2) is 24.3 Å². The topological polar surface area (TPSA) is 21.3 Å². The lowest BCUT2D eigenvalue weighted by atomic mass is 9.87. The predicted molar refractivity (Wildman–Crippen MR) is 69.2 cm³/mol. The van der Waals surface area contributed by atoms with E-state index in [1.807, 2.05) is 6.07 Å². The fourth-order valence-electron chi connectivity index (χ4n) is 3.01. The lowest BCUT2D eigenvalue weighted by molar-refractivity contribution is 0.254. The van der Waals surface area contributed by atoms with Crippen molar-refractivity contribution in [3.05, 3.63) is 29.8 Å². The Labute approximate surface area is 103 Å². The standard InChI is InChI=1S/C15H21NO/c1-11-6-8-12(9-7-11)16-14-10-17-15-5-3-2-4-13(14)15/h2-5,11-12,14,16H,6-10H2,1H3. The largest absolute Gasteiger partial charge is 0.491 e. The summed E-state index contributed by atoms with van der Waals surface area (Å²) in [5.74, 6) is 1.98. The first kappa shape index (κ1) is 11.1. The van der Waals surface area contributed by atoms with E-state index >= 15 is 0 Å². The Bertz CT molecular complexity index is 382. The normalized spacial score (nSPS) is 31.9. The van der Waals surface area contributed by atoms with Crippen LogP contribution >= 0.6 is 0 Å². The fourth-order valence-corrected chi connectivity index (χ4v) is 3.01. The van der Waals surface area contributed by atoms with E-state index in [1.165, 1.54) is 31.2 Å². The number of para-hydroxylation sites is 1. The Morgan fingerprint density at radius 3 is 2.71 bits per heavy atom. The molecule has 17 heavy (non-hydrogen) atoms. The van der Waals surface area contributed by atoms with Crippen LogP contribution in [0.2, 0.25) is 0 Å². The zero-order chi connectivity index (χ0) is 11.7. The van der Waals surface area contributed by atoms with Crippen molar-refractivity contribution in [3.63, 3.8) is 0 Å². The minimum Gasteiger partial charge on any atom is -0.491 e. The summed E-state index contributed by atoms with van der Waals surface area (Å²) in [7, 11) is 0. The van der Waals surface area contributed by atoms with Crippen LogP contribution in [-0.2, 0) is 0 Å². The van der Waals surface area contributed by atoms with Crippen LogP contribution in [0, 0.1) is 5.92 Å². The number of rotatable bonds is 2. The van der Waals surface area contributed by atoms with Crippen molar-refractivity contribution >= 4 is 0 Å². The van der Waals surface area contributed by atoms with Gasteiger partial charge in [-0.3, -0.25) is 0 Å². The van der Waals surface area contributed by atoms with E-state index in [4.69, 9.17) is 4.74 Å². The molecule has 1 N–H and O–H groups in total. The van der Waals surface area contributed by atoms with Gasteiger partial charge in [-0.05, 0) is 37.7 Å². The average Bonchev–Trinajstić information content (AvgIpc) is 2.76. The van der Waals surface area contributed by atoms with Crippen molar-refractivity contribution in [1.82, 2.24) is 5.32 Å². The maximum absolute atomic E-state index is 5.71. The summed E-state index contributed by atoms with van der Waals surface area (Å²) in [6, 6.07) is 9.50. The second-order valence-corrected chi connectivity index (χ2v) is 5.52. The number of benzene rings is 1.